The second kappa shape index (κ2) is 5.77. The number of benzene rings is 1. The zero-order valence-corrected chi connectivity index (χ0v) is 11.6. The number of hydrogen-bond donors (Lipinski definition) is 2. The molecule has 5 nitrogen and oxygen atoms in total. The first-order valence-corrected chi connectivity index (χ1v) is 6.42. The molecular weight excluding hydrogens is 268 g/mol. The lowest BCUT2D eigenvalue weighted by Crippen LogP contribution is -2.44. The summed E-state index contributed by atoms with van der Waals surface area (Å²) in [6, 6.07) is 4.67. The van der Waals surface area contributed by atoms with Gasteiger partial charge in [-0.25, -0.2) is 0 Å². The summed E-state index contributed by atoms with van der Waals surface area (Å²) >= 11 is 5.92. The molecule has 1 aromatic carbocycles. The lowest BCUT2D eigenvalue weighted by molar-refractivity contribution is 0.0578. The average Bonchev–Trinajstić information content (AvgIpc) is 2.83. The summed E-state index contributed by atoms with van der Waals surface area (Å²) in [5.74, 6) is 0.258. The number of amides is 1. The van der Waals surface area contributed by atoms with Gasteiger partial charge in [-0.05, 0) is 18.2 Å². The third kappa shape index (κ3) is 2.83. The van der Waals surface area contributed by atoms with E-state index in [-0.39, 0.29) is 11.9 Å². The standard InChI is InChI=1S/C13H17ClN2O3/c1-16(10-6-15-7-11(10)17)13(18)9-5-8(14)3-4-12(9)19-2/h3-5,10-11,15,17H,6-7H2,1-2H3/t10-,11-/m1/s1. The maximum atomic E-state index is 12.5. The van der Waals surface area contributed by atoms with E-state index in [1.54, 1.807) is 25.2 Å². The van der Waals surface area contributed by atoms with Crippen molar-refractivity contribution in [3.63, 3.8) is 0 Å². The fourth-order valence-corrected chi connectivity index (χ4v) is 2.41. The molecule has 0 spiro atoms. The summed E-state index contributed by atoms with van der Waals surface area (Å²) in [5, 5.41) is 13.3. The highest BCUT2D eigenvalue weighted by molar-refractivity contribution is 6.31. The third-order valence-electron chi connectivity index (χ3n) is 3.36. The number of β-amino-alcohol motifs (C(OH)–C–C–N with tert-alkyl or cyclic N) is 1. The van der Waals surface area contributed by atoms with E-state index in [0.717, 1.165) is 0 Å². The Hall–Kier alpha value is -1.30. The van der Waals surface area contributed by atoms with Crippen molar-refractivity contribution in [2.45, 2.75) is 12.1 Å². The van der Waals surface area contributed by atoms with Crippen LogP contribution < -0.4 is 10.1 Å². The Morgan fingerprint density at radius 1 is 1.53 bits per heavy atom. The van der Waals surface area contributed by atoms with Crippen molar-refractivity contribution >= 4 is 17.5 Å². The van der Waals surface area contributed by atoms with Gasteiger partial charge in [-0.3, -0.25) is 4.79 Å². The lowest BCUT2D eigenvalue weighted by Gasteiger charge is -2.27. The van der Waals surface area contributed by atoms with Gasteiger partial charge in [0.05, 0.1) is 24.8 Å². The molecule has 0 aromatic heterocycles. The van der Waals surface area contributed by atoms with Crippen LogP contribution >= 0.6 is 11.6 Å². The second-order valence-electron chi connectivity index (χ2n) is 4.55. The van der Waals surface area contributed by atoms with Crippen molar-refractivity contribution in [2.75, 3.05) is 27.2 Å². The van der Waals surface area contributed by atoms with Crippen molar-refractivity contribution in [1.29, 1.82) is 0 Å². The lowest BCUT2D eigenvalue weighted by atomic mass is 10.1. The van der Waals surface area contributed by atoms with Crippen molar-refractivity contribution in [3.05, 3.63) is 28.8 Å². The number of likely N-dealkylation sites (N-methyl/N-ethyl adjacent to an activating group) is 1. The Morgan fingerprint density at radius 3 is 2.84 bits per heavy atom. The summed E-state index contributed by atoms with van der Waals surface area (Å²) in [6.07, 6.45) is -0.556. The molecule has 0 unspecified atom stereocenters. The Labute approximate surface area is 117 Å². The van der Waals surface area contributed by atoms with Gasteiger partial charge in [-0.15, -0.1) is 0 Å². The molecule has 0 aliphatic carbocycles. The predicted molar refractivity (Wildman–Crippen MR) is 72.8 cm³/mol. The monoisotopic (exact) mass is 284 g/mol. The first-order valence-electron chi connectivity index (χ1n) is 6.04. The van der Waals surface area contributed by atoms with E-state index in [0.29, 0.717) is 29.4 Å². The Morgan fingerprint density at radius 2 is 2.26 bits per heavy atom. The van der Waals surface area contributed by atoms with Gasteiger partial charge in [0.2, 0.25) is 0 Å². The minimum absolute atomic E-state index is 0.216. The number of ether oxygens (including phenoxy) is 1. The van der Waals surface area contributed by atoms with Gasteiger partial charge in [0.25, 0.3) is 5.91 Å². The summed E-state index contributed by atoms with van der Waals surface area (Å²) in [6.45, 7) is 1.07. The quantitative estimate of drug-likeness (QED) is 0.860. The zero-order valence-electron chi connectivity index (χ0n) is 10.9. The van der Waals surface area contributed by atoms with Crippen LogP contribution in [0.25, 0.3) is 0 Å². The van der Waals surface area contributed by atoms with Gasteiger partial charge in [0, 0.05) is 25.2 Å². The summed E-state index contributed by atoms with van der Waals surface area (Å²) in [5.41, 5.74) is 0.400. The molecule has 1 aromatic rings. The topological polar surface area (TPSA) is 61.8 Å². The van der Waals surface area contributed by atoms with Crippen LogP contribution in [0, 0.1) is 0 Å². The molecule has 104 valence electrons. The fourth-order valence-electron chi connectivity index (χ4n) is 2.23. The maximum absolute atomic E-state index is 12.5. The molecule has 2 atom stereocenters. The van der Waals surface area contributed by atoms with Gasteiger partial charge < -0.3 is 20.1 Å². The highest BCUT2D eigenvalue weighted by atomic mass is 35.5. The molecule has 0 radical (unpaired) electrons. The van der Waals surface area contributed by atoms with Crippen LogP contribution in [-0.2, 0) is 0 Å². The smallest absolute Gasteiger partial charge is 0.257 e. The van der Waals surface area contributed by atoms with E-state index < -0.39 is 6.10 Å². The van der Waals surface area contributed by atoms with E-state index in [1.165, 1.54) is 12.0 Å². The molecule has 1 aliphatic rings. The van der Waals surface area contributed by atoms with Crippen LogP contribution in [0.5, 0.6) is 5.75 Å². The number of aliphatic hydroxyl groups excluding tert-OH is 1. The van der Waals surface area contributed by atoms with Gasteiger partial charge in [-0.1, -0.05) is 11.6 Å². The van der Waals surface area contributed by atoms with Crippen molar-refractivity contribution in [2.24, 2.45) is 0 Å². The molecule has 6 heteroatoms. The Kier molecular flexibility index (Phi) is 4.29. The summed E-state index contributed by atoms with van der Waals surface area (Å²) in [7, 11) is 3.18. The summed E-state index contributed by atoms with van der Waals surface area (Å²) < 4.78 is 5.18. The first-order chi connectivity index (χ1) is 9.04. The fraction of sp³-hybridized carbons (Fsp3) is 0.462. The van der Waals surface area contributed by atoms with Crippen LogP contribution in [0.4, 0.5) is 0 Å². The van der Waals surface area contributed by atoms with Crippen LogP contribution in [0.2, 0.25) is 5.02 Å². The molecule has 1 saturated heterocycles. The number of rotatable bonds is 3. The number of carbonyl (C=O) groups is 1. The van der Waals surface area contributed by atoms with Crippen LogP contribution in [0.3, 0.4) is 0 Å². The normalized spacial score (nSPS) is 22.3. The Balaban J connectivity index is 2.25. The Bertz CT molecular complexity index is 481. The number of hydrogen-bond acceptors (Lipinski definition) is 4. The average molecular weight is 285 g/mol. The predicted octanol–water partition coefficient (Wildman–Crippen LogP) is 0.753. The molecule has 0 bridgehead atoms. The summed E-state index contributed by atoms with van der Waals surface area (Å²) in [4.78, 5) is 14.0. The van der Waals surface area contributed by atoms with Gasteiger partial charge in [-0.2, -0.15) is 0 Å². The van der Waals surface area contributed by atoms with Crippen molar-refractivity contribution in [3.8, 4) is 5.75 Å². The minimum Gasteiger partial charge on any atom is -0.496 e. The largest absolute Gasteiger partial charge is 0.496 e. The van der Waals surface area contributed by atoms with Gasteiger partial charge >= 0.3 is 0 Å². The van der Waals surface area contributed by atoms with E-state index in [1.807, 2.05) is 0 Å². The highest BCUT2D eigenvalue weighted by Gasteiger charge is 2.32. The number of nitrogens with one attached hydrogen (secondary N) is 1. The number of aliphatic hydroxyl groups is 1. The first kappa shape index (κ1) is 14.1. The molecule has 19 heavy (non-hydrogen) atoms. The van der Waals surface area contributed by atoms with E-state index in [4.69, 9.17) is 16.3 Å². The van der Waals surface area contributed by atoms with Crippen LogP contribution in [-0.4, -0.2) is 55.3 Å². The van der Waals surface area contributed by atoms with Crippen LogP contribution in [0.15, 0.2) is 18.2 Å². The molecule has 2 rings (SSSR count). The van der Waals surface area contributed by atoms with Gasteiger partial charge in [0.15, 0.2) is 0 Å². The minimum atomic E-state index is -0.556. The molecule has 0 saturated carbocycles. The van der Waals surface area contributed by atoms with Crippen LogP contribution in [0.1, 0.15) is 10.4 Å². The molecule has 1 fully saturated rings. The maximum Gasteiger partial charge on any atom is 0.257 e. The molecule has 1 aliphatic heterocycles. The van der Waals surface area contributed by atoms with Gasteiger partial charge in [0.1, 0.15) is 5.75 Å². The SMILES string of the molecule is COc1ccc(Cl)cc1C(=O)N(C)[C@@H]1CNC[C@H]1O. The van der Waals surface area contributed by atoms with E-state index in [2.05, 4.69) is 5.32 Å². The molecular formula is C13H17ClN2O3. The second-order valence-corrected chi connectivity index (χ2v) is 4.99. The number of halogens is 1. The van der Waals surface area contributed by atoms with Crippen molar-refractivity contribution in [1.82, 2.24) is 10.2 Å². The van der Waals surface area contributed by atoms with E-state index in [9.17, 15) is 9.90 Å². The van der Waals surface area contributed by atoms with E-state index >= 15 is 0 Å². The molecule has 2 N–H and O–H groups in total. The third-order valence-corrected chi connectivity index (χ3v) is 3.60. The zero-order chi connectivity index (χ0) is 14.0. The number of methoxy groups -OCH3 is 1. The number of carbonyl (C=O) groups excluding carboxylic acids is 1. The van der Waals surface area contributed by atoms with Crippen molar-refractivity contribution < 1.29 is 14.6 Å². The molecule has 1 amide bonds. The molecule has 1 heterocycles. The highest BCUT2D eigenvalue weighted by Crippen LogP contribution is 2.25. The number of nitrogens with zero attached hydrogens (tertiary/aromatic N) is 1.